The van der Waals surface area contributed by atoms with Gasteiger partial charge < -0.3 is 0 Å². The third-order valence-corrected chi connectivity index (χ3v) is 4.81. The van der Waals surface area contributed by atoms with E-state index in [2.05, 4.69) is 4.72 Å². The lowest BCUT2D eigenvalue weighted by Gasteiger charge is -2.23. The molecule has 0 fully saturated rings. The quantitative estimate of drug-likeness (QED) is 0.901. The van der Waals surface area contributed by atoms with Gasteiger partial charge >= 0.3 is 6.18 Å². The second kappa shape index (κ2) is 5.78. The number of nitrogens with one attached hydrogen (secondary N) is 1. The van der Waals surface area contributed by atoms with Crippen molar-refractivity contribution in [1.82, 2.24) is 4.72 Å². The van der Waals surface area contributed by atoms with E-state index in [0.29, 0.717) is 0 Å². The highest BCUT2D eigenvalue weighted by Gasteiger charge is 2.41. The van der Waals surface area contributed by atoms with Crippen LogP contribution in [-0.2, 0) is 22.6 Å². The van der Waals surface area contributed by atoms with Crippen LogP contribution < -0.4 is 4.72 Å². The molecule has 0 saturated carbocycles. The predicted octanol–water partition coefficient (Wildman–Crippen LogP) is 4.00. The predicted molar refractivity (Wildman–Crippen MR) is 75.9 cm³/mol. The molecule has 0 amide bonds. The molecule has 1 rings (SSSR count). The van der Waals surface area contributed by atoms with E-state index in [1.807, 2.05) is 0 Å². The maximum absolute atomic E-state index is 13.2. The molecule has 1 N–H and O–H groups in total. The van der Waals surface area contributed by atoms with Crippen LogP contribution in [0.5, 0.6) is 0 Å². The molecular weight excluding hydrogens is 327 g/mol. The summed E-state index contributed by atoms with van der Waals surface area (Å²) in [5.74, 6) is 0. The van der Waals surface area contributed by atoms with Crippen molar-refractivity contribution in [3.8, 4) is 0 Å². The second-order valence-electron chi connectivity index (χ2n) is 5.62. The molecule has 0 saturated heterocycles. The summed E-state index contributed by atoms with van der Waals surface area (Å²) in [6.45, 7) is 6.27. The third kappa shape index (κ3) is 4.34. The van der Waals surface area contributed by atoms with Crippen LogP contribution in [0.3, 0.4) is 0 Å². The third-order valence-electron chi connectivity index (χ3n) is 2.58. The van der Waals surface area contributed by atoms with Gasteiger partial charge in [-0.3, -0.25) is 0 Å². The highest BCUT2D eigenvalue weighted by molar-refractivity contribution is 7.89. The van der Waals surface area contributed by atoms with Crippen molar-refractivity contribution < 1.29 is 21.6 Å². The summed E-state index contributed by atoms with van der Waals surface area (Å²) in [6.07, 6.45) is -4.58. The SMILES string of the molecule is CCc1ccc(S(=O)(=O)NC(C)(C)C)c(C(F)(F)F)c1Cl. The van der Waals surface area contributed by atoms with Gasteiger partial charge in [0.1, 0.15) is 0 Å². The van der Waals surface area contributed by atoms with Crippen LogP contribution in [0.1, 0.15) is 38.8 Å². The highest BCUT2D eigenvalue weighted by Crippen LogP contribution is 2.41. The van der Waals surface area contributed by atoms with Crippen molar-refractivity contribution in [1.29, 1.82) is 0 Å². The summed E-state index contributed by atoms with van der Waals surface area (Å²) in [7, 11) is -4.33. The zero-order valence-corrected chi connectivity index (χ0v) is 13.7. The van der Waals surface area contributed by atoms with Crippen LogP contribution in [0.15, 0.2) is 17.0 Å². The summed E-state index contributed by atoms with van der Waals surface area (Å²) in [5.41, 5.74) is -1.98. The van der Waals surface area contributed by atoms with Crippen molar-refractivity contribution in [2.24, 2.45) is 0 Å². The van der Waals surface area contributed by atoms with E-state index >= 15 is 0 Å². The van der Waals surface area contributed by atoms with Crippen LogP contribution in [0.25, 0.3) is 0 Å². The Morgan fingerprint density at radius 1 is 1.19 bits per heavy atom. The maximum atomic E-state index is 13.2. The second-order valence-corrected chi connectivity index (χ2v) is 7.65. The number of sulfonamides is 1. The van der Waals surface area contributed by atoms with Crippen molar-refractivity contribution in [3.05, 3.63) is 28.3 Å². The minimum Gasteiger partial charge on any atom is -0.207 e. The van der Waals surface area contributed by atoms with Gasteiger partial charge in [0.15, 0.2) is 0 Å². The molecule has 0 heterocycles. The lowest BCUT2D eigenvalue weighted by atomic mass is 10.1. The number of hydrogen-bond acceptors (Lipinski definition) is 2. The zero-order chi connectivity index (χ0) is 16.6. The van der Waals surface area contributed by atoms with Gasteiger partial charge in [0.2, 0.25) is 10.0 Å². The van der Waals surface area contributed by atoms with Gasteiger partial charge in [-0.15, -0.1) is 0 Å². The van der Waals surface area contributed by atoms with Crippen molar-refractivity contribution in [2.75, 3.05) is 0 Å². The number of rotatable bonds is 3. The molecule has 8 heteroatoms. The summed E-state index contributed by atoms with van der Waals surface area (Å²) < 4.78 is 66.2. The van der Waals surface area contributed by atoms with Crippen LogP contribution in [-0.4, -0.2) is 14.0 Å². The molecule has 0 aliphatic rings. The minimum atomic E-state index is -4.86. The van der Waals surface area contributed by atoms with Gasteiger partial charge in [0.25, 0.3) is 0 Å². The number of hydrogen-bond donors (Lipinski definition) is 1. The molecule has 0 radical (unpaired) electrons. The fourth-order valence-electron chi connectivity index (χ4n) is 1.82. The van der Waals surface area contributed by atoms with Crippen molar-refractivity contribution in [2.45, 2.75) is 50.7 Å². The van der Waals surface area contributed by atoms with Gasteiger partial charge in [0.05, 0.1) is 15.5 Å². The molecule has 21 heavy (non-hydrogen) atoms. The Morgan fingerprint density at radius 2 is 1.71 bits per heavy atom. The molecule has 1 aromatic rings. The van der Waals surface area contributed by atoms with Gasteiger partial charge in [-0.25, -0.2) is 13.1 Å². The monoisotopic (exact) mass is 343 g/mol. The Morgan fingerprint density at radius 3 is 2.10 bits per heavy atom. The first-order chi connectivity index (χ1) is 9.29. The summed E-state index contributed by atoms with van der Waals surface area (Å²) in [5, 5.41) is -0.568. The van der Waals surface area contributed by atoms with E-state index in [1.54, 1.807) is 27.7 Å². The Bertz CT molecular complexity index is 634. The van der Waals surface area contributed by atoms with Crippen LogP contribution in [0.2, 0.25) is 5.02 Å². The number of alkyl halides is 3. The summed E-state index contributed by atoms with van der Waals surface area (Å²) >= 11 is 5.76. The lowest BCUT2D eigenvalue weighted by molar-refractivity contribution is -0.139. The minimum absolute atomic E-state index is 0.249. The van der Waals surface area contributed by atoms with E-state index in [-0.39, 0.29) is 12.0 Å². The Balaban J connectivity index is 3.62. The molecule has 0 unspecified atom stereocenters. The van der Waals surface area contributed by atoms with Gasteiger partial charge in [-0.2, -0.15) is 13.2 Å². The van der Waals surface area contributed by atoms with Crippen LogP contribution >= 0.6 is 11.6 Å². The first-order valence-electron chi connectivity index (χ1n) is 6.22. The van der Waals surface area contributed by atoms with Gasteiger partial charge in [-0.1, -0.05) is 24.6 Å². The van der Waals surface area contributed by atoms with E-state index < -0.39 is 37.2 Å². The smallest absolute Gasteiger partial charge is 0.207 e. The number of benzene rings is 1. The molecule has 0 bridgehead atoms. The fraction of sp³-hybridized carbons (Fsp3) is 0.538. The average molecular weight is 344 g/mol. The first kappa shape index (κ1) is 18.3. The number of halogens is 4. The highest BCUT2D eigenvalue weighted by atomic mass is 35.5. The van der Waals surface area contributed by atoms with E-state index in [0.717, 1.165) is 6.07 Å². The van der Waals surface area contributed by atoms with Gasteiger partial charge in [-0.05, 0) is 38.8 Å². The Labute approximate surface area is 127 Å². The van der Waals surface area contributed by atoms with Gasteiger partial charge in [0, 0.05) is 5.54 Å². The molecule has 0 aromatic heterocycles. The van der Waals surface area contributed by atoms with Crippen LogP contribution in [0, 0.1) is 0 Å². The largest absolute Gasteiger partial charge is 0.419 e. The van der Waals surface area contributed by atoms with Crippen molar-refractivity contribution in [3.63, 3.8) is 0 Å². The maximum Gasteiger partial charge on any atom is 0.419 e. The van der Waals surface area contributed by atoms with E-state index in [9.17, 15) is 21.6 Å². The van der Waals surface area contributed by atoms with E-state index in [1.165, 1.54) is 6.07 Å². The topological polar surface area (TPSA) is 46.2 Å². The molecule has 0 atom stereocenters. The van der Waals surface area contributed by atoms with Crippen LogP contribution in [0.4, 0.5) is 13.2 Å². The molecular formula is C13H17ClF3NO2S. The number of aryl methyl sites for hydroxylation is 1. The first-order valence-corrected chi connectivity index (χ1v) is 8.08. The fourth-order valence-corrected chi connectivity index (χ4v) is 3.93. The molecule has 0 aliphatic carbocycles. The Kier molecular flexibility index (Phi) is 5.02. The summed E-state index contributed by atoms with van der Waals surface area (Å²) in [6, 6.07) is 2.25. The molecule has 1 aromatic carbocycles. The molecule has 3 nitrogen and oxygen atoms in total. The standard InChI is InChI=1S/C13H17ClF3NO2S/c1-5-8-6-7-9(10(11(8)14)13(15,16)17)21(19,20)18-12(2,3)4/h6-7,18H,5H2,1-4H3. The van der Waals surface area contributed by atoms with Crippen molar-refractivity contribution >= 4 is 21.6 Å². The van der Waals surface area contributed by atoms with E-state index in [4.69, 9.17) is 11.6 Å². The normalized spacial score (nSPS) is 13.5. The molecule has 120 valence electrons. The average Bonchev–Trinajstić information content (AvgIpc) is 2.23. The summed E-state index contributed by atoms with van der Waals surface area (Å²) in [4.78, 5) is -0.855. The molecule has 0 aliphatic heterocycles. The zero-order valence-electron chi connectivity index (χ0n) is 12.1. The lowest BCUT2D eigenvalue weighted by Crippen LogP contribution is -2.41. The molecule has 0 spiro atoms. The Hall–Kier alpha value is -0.790.